The Labute approximate surface area is 157 Å². The zero-order chi connectivity index (χ0) is 19.8. The number of aryl methyl sites for hydroxylation is 1. The fourth-order valence-corrected chi connectivity index (χ4v) is 2.52. The van der Waals surface area contributed by atoms with Crippen LogP contribution >= 0.6 is 0 Å². The fraction of sp³-hybridized carbons (Fsp3) is 0.300. The second kappa shape index (κ2) is 9.47. The van der Waals surface area contributed by atoms with Crippen molar-refractivity contribution in [2.45, 2.75) is 19.4 Å². The van der Waals surface area contributed by atoms with Gasteiger partial charge in [0.05, 0.1) is 26.7 Å². The third-order valence-electron chi connectivity index (χ3n) is 3.91. The predicted octanol–water partition coefficient (Wildman–Crippen LogP) is 2.72. The van der Waals surface area contributed by atoms with E-state index in [0.717, 1.165) is 5.56 Å². The lowest BCUT2D eigenvalue weighted by Crippen LogP contribution is -2.33. The Balaban J connectivity index is 2.08. The topological polar surface area (TPSA) is 94.1 Å². The highest BCUT2D eigenvalue weighted by Crippen LogP contribution is 2.31. The van der Waals surface area contributed by atoms with E-state index >= 15 is 0 Å². The Morgan fingerprint density at radius 1 is 1.04 bits per heavy atom. The lowest BCUT2D eigenvalue weighted by atomic mass is 10.0. The third kappa shape index (κ3) is 5.91. The number of hydrogen-bond donors (Lipinski definition) is 2. The lowest BCUT2D eigenvalue weighted by molar-refractivity contribution is -0.137. The average molecular weight is 373 g/mol. The number of methoxy groups -OCH3 is 2. The molecule has 7 nitrogen and oxygen atoms in total. The van der Waals surface area contributed by atoms with Gasteiger partial charge in [0.15, 0.2) is 18.1 Å². The van der Waals surface area contributed by atoms with Crippen molar-refractivity contribution in [2.75, 3.05) is 20.8 Å². The van der Waals surface area contributed by atoms with Crippen LogP contribution in [0.2, 0.25) is 0 Å². The van der Waals surface area contributed by atoms with Crippen LogP contribution in [0.25, 0.3) is 0 Å². The number of amides is 1. The molecule has 0 fully saturated rings. The minimum atomic E-state index is -1.03. The molecular formula is C20H23NO6. The number of ether oxygens (including phenoxy) is 3. The Bertz CT molecular complexity index is 788. The maximum absolute atomic E-state index is 12.2. The molecule has 0 spiro atoms. The number of carboxylic acid groups (broad SMARTS) is 1. The van der Waals surface area contributed by atoms with Crippen molar-refractivity contribution in [1.82, 2.24) is 5.32 Å². The van der Waals surface area contributed by atoms with Gasteiger partial charge in [0.1, 0.15) is 5.75 Å². The van der Waals surface area contributed by atoms with Crippen molar-refractivity contribution in [3.8, 4) is 17.2 Å². The van der Waals surface area contributed by atoms with Gasteiger partial charge in [-0.2, -0.15) is 0 Å². The van der Waals surface area contributed by atoms with Gasteiger partial charge in [-0.05, 0) is 36.8 Å². The summed E-state index contributed by atoms with van der Waals surface area (Å²) in [7, 11) is 3.00. The summed E-state index contributed by atoms with van der Waals surface area (Å²) >= 11 is 0. The number of aliphatic carboxylic acids is 1. The number of carbonyl (C=O) groups excluding carboxylic acids is 1. The van der Waals surface area contributed by atoms with Gasteiger partial charge >= 0.3 is 5.97 Å². The first-order valence-electron chi connectivity index (χ1n) is 8.35. The molecule has 7 heteroatoms. The monoisotopic (exact) mass is 373 g/mol. The summed E-state index contributed by atoms with van der Waals surface area (Å²) in [5.41, 5.74) is 1.68. The average Bonchev–Trinajstić information content (AvgIpc) is 2.66. The minimum Gasteiger partial charge on any atom is -0.493 e. The van der Waals surface area contributed by atoms with Crippen molar-refractivity contribution in [3.63, 3.8) is 0 Å². The van der Waals surface area contributed by atoms with E-state index in [2.05, 4.69) is 5.32 Å². The van der Waals surface area contributed by atoms with E-state index < -0.39 is 17.9 Å². The van der Waals surface area contributed by atoms with Gasteiger partial charge in [0.25, 0.3) is 5.91 Å². The van der Waals surface area contributed by atoms with Crippen molar-refractivity contribution in [3.05, 3.63) is 53.6 Å². The van der Waals surface area contributed by atoms with Crippen molar-refractivity contribution in [2.24, 2.45) is 0 Å². The second-order valence-electron chi connectivity index (χ2n) is 5.93. The van der Waals surface area contributed by atoms with Crippen LogP contribution in [0.15, 0.2) is 42.5 Å². The van der Waals surface area contributed by atoms with Gasteiger partial charge in [0.2, 0.25) is 0 Å². The molecule has 2 N–H and O–H groups in total. The number of nitrogens with one attached hydrogen (secondary N) is 1. The molecule has 0 heterocycles. The van der Waals surface area contributed by atoms with Crippen LogP contribution in [0.1, 0.15) is 23.6 Å². The number of carboxylic acids is 1. The van der Waals surface area contributed by atoms with E-state index in [0.29, 0.717) is 22.8 Å². The molecule has 1 unspecified atom stereocenters. The van der Waals surface area contributed by atoms with E-state index in [4.69, 9.17) is 14.2 Å². The van der Waals surface area contributed by atoms with Gasteiger partial charge in [-0.15, -0.1) is 0 Å². The van der Waals surface area contributed by atoms with Crippen LogP contribution in [0, 0.1) is 6.92 Å². The predicted molar refractivity (Wildman–Crippen MR) is 99.4 cm³/mol. The number of carbonyl (C=O) groups is 2. The molecule has 0 aliphatic heterocycles. The summed E-state index contributed by atoms with van der Waals surface area (Å²) in [6.07, 6.45) is -0.272. The van der Waals surface area contributed by atoms with E-state index in [-0.39, 0.29) is 13.0 Å². The molecule has 0 aliphatic carbocycles. The standard InChI is InChI=1S/C20H23NO6/c1-13-4-7-15(8-5-13)27-12-19(22)21-16(11-20(23)24)14-6-9-17(25-2)18(10-14)26-3/h4-10,16H,11-12H2,1-3H3,(H,21,22)(H,23,24). The molecule has 0 saturated carbocycles. The maximum atomic E-state index is 12.2. The Hall–Kier alpha value is -3.22. The van der Waals surface area contributed by atoms with Crippen LogP contribution in [-0.4, -0.2) is 37.8 Å². The molecule has 0 saturated heterocycles. The van der Waals surface area contributed by atoms with Crippen molar-refractivity contribution < 1.29 is 28.9 Å². The second-order valence-corrected chi connectivity index (χ2v) is 5.93. The fourth-order valence-electron chi connectivity index (χ4n) is 2.52. The van der Waals surface area contributed by atoms with E-state index in [9.17, 15) is 14.7 Å². The van der Waals surface area contributed by atoms with Crippen LogP contribution in [0.4, 0.5) is 0 Å². The van der Waals surface area contributed by atoms with Crippen molar-refractivity contribution in [1.29, 1.82) is 0 Å². The summed E-state index contributed by atoms with van der Waals surface area (Å²) in [6.45, 7) is 1.74. The van der Waals surface area contributed by atoms with Gasteiger partial charge in [-0.1, -0.05) is 23.8 Å². The van der Waals surface area contributed by atoms with Gasteiger partial charge < -0.3 is 24.6 Å². The summed E-state index contributed by atoms with van der Waals surface area (Å²) in [4.78, 5) is 23.5. The SMILES string of the molecule is COc1ccc(C(CC(=O)O)NC(=O)COc2ccc(C)cc2)cc1OC. The first-order chi connectivity index (χ1) is 12.9. The Morgan fingerprint density at radius 3 is 2.30 bits per heavy atom. The first kappa shape index (κ1) is 20.1. The van der Waals surface area contributed by atoms with E-state index in [1.54, 1.807) is 30.3 Å². The molecule has 2 aromatic rings. The summed E-state index contributed by atoms with van der Waals surface area (Å²) < 4.78 is 15.9. The molecular weight excluding hydrogens is 350 g/mol. The highest BCUT2D eigenvalue weighted by molar-refractivity contribution is 5.79. The number of rotatable bonds is 9. The molecule has 0 aromatic heterocycles. The number of benzene rings is 2. The molecule has 0 radical (unpaired) electrons. The smallest absolute Gasteiger partial charge is 0.305 e. The molecule has 1 atom stereocenters. The summed E-state index contributed by atoms with van der Waals surface area (Å²) in [5.74, 6) is 0.0858. The molecule has 144 valence electrons. The lowest BCUT2D eigenvalue weighted by Gasteiger charge is -2.19. The molecule has 2 rings (SSSR count). The Kier molecular flexibility index (Phi) is 7.05. The van der Waals surface area contributed by atoms with Crippen LogP contribution < -0.4 is 19.5 Å². The van der Waals surface area contributed by atoms with Crippen LogP contribution in [0.5, 0.6) is 17.2 Å². The Morgan fingerprint density at radius 2 is 1.70 bits per heavy atom. The highest BCUT2D eigenvalue weighted by Gasteiger charge is 2.20. The van der Waals surface area contributed by atoms with Crippen molar-refractivity contribution >= 4 is 11.9 Å². The quantitative estimate of drug-likeness (QED) is 0.702. The molecule has 27 heavy (non-hydrogen) atoms. The number of hydrogen-bond acceptors (Lipinski definition) is 5. The molecule has 0 bridgehead atoms. The van der Waals surface area contributed by atoms with Gasteiger partial charge in [-0.25, -0.2) is 0 Å². The molecule has 1 amide bonds. The van der Waals surface area contributed by atoms with Crippen LogP contribution in [0.3, 0.4) is 0 Å². The highest BCUT2D eigenvalue weighted by atomic mass is 16.5. The summed E-state index contributed by atoms with van der Waals surface area (Å²) in [5, 5.41) is 11.9. The van der Waals surface area contributed by atoms with E-state index in [1.165, 1.54) is 14.2 Å². The van der Waals surface area contributed by atoms with E-state index in [1.807, 2.05) is 19.1 Å². The molecule has 2 aromatic carbocycles. The zero-order valence-corrected chi connectivity index (χ0v) is 15.5. The third-order valence-corrected chi connectivity index (χ3v) is 3.91. The molecule has 0 aliphatic rings. The zero-order valence-electron chi connectivity index (χ0n) is 15.5. The summed E-state index contributed by atoms with van der Waals surface area (Å²) in [6, 6.07) is 11.6. The van der Waals surface area contributed by atoms with Gasteiger partial charge in [-0.3, -0.25) is 9.59 Å². The minimum absolute atomic E-state index is 0.216. The first-order valence-corrected chi connectivity index (χ1v) is 8.35. The normalized spacial score (nSPS) is 11.4. The van der Waals surface area contributed by atoms with Gasteiger partial charge in [0, 0.05) is 0 Å². The largest absolute Gasteiger partial charge is 0.493 e. The maximum Gasteiger partial charge on any atom is 0.305 e. The van der Waals surface area contributed by atoms with Crippen LogP contribution in [-0.2, 0) is 9.59 Å².